The van der Waals surface area contributed by atoms with Gasteiger partial charge in [0.15, 0.2) is 10.9 Å². The molecule has 6 heteroatoms. The summed E-state index contributed by atoms with van der Waals surface area (Å²) in [5.74, 6) is 0.0980. The summed E-state index contributed by atoms with van der Waals surface area (Å²) >= 11 is 4.81. The van der Waals surface area contributed by atoms with Gasteiger partial charge in [0.1, 0.15) is 6.33 Å². The molecule has 2 aromatic rings. The smallest absolute Gasteiger partial charge is 0.191 e. The van der Waals surface area contributed by atoms with Crippen LogP contribution < -0.4 is 0 Å². The summed E-state index contributed by atoms with van der Waals surface area (Å²) < 4.78 is 2.93. The standard InChI is InChI=1S/C14H16BrN3OS/c1-9(2)18-8-16-17-14(18)20-10(3)13(19)11-4-6-12(15)7-5-11/h4-10H,1-3H3/t10-/m1/s1. The van der Waals surface area contributed by atoms with Gasteiger partial charge in [0.05, 0.1) is 5.25 Å². The number of halogens is 1. The number of nitrogens with zero attached hydrogens (tertiary/aromatic N) is 3. The molecule has 0 aliphatic rings. The molecule has 0 saturated carbocycles. The molecule has 1 aromatic heterocycles. The zero-order chi connectivity index (χ0) is 14.7. The van der Waals surface area contributed by atoms with E-state index in [4.69, 9.17) is 0 Å². The number of carbonyl (C=O) groups is 1. The minimum Gasteiger partial charge on any atom is -0.306 e. The highest BCUT2D eigenvalue weighted by molar-refractivity contribution is 9.10. The molecule has 2 rings (SSSR count). The van der Waals surface area contributed by atoms with Crippen molar-refractivity contribution < 1.29 is 4.79 Å². The molecule has 1 atom stereocenters. The third-order valence-electron chi connectivity index (χ3n) is 2.88. The van der Waals surface area contributed by atoms with E-state index in [-0.39, 0.29) is 17.1 Å². The first-order chi connectivity index (χ1) is 9.49. The number of carbonyl (C=O) groups excluding carboxylic acids is 1. The van der Waals surface area contributed by atoms with Gasteiger partial charge in [0, 0.05) is 16.1 Å². The maximum absolute atomic E-state index is 12.4. The van der Waals surface area contributed by atoms with Gasteiger partial charge in [-0.05, 0) is 32.9 Å². The Morgan fingerprint density at radius 1 is 1.25 bits per heavy atom. The second kappa shape index (κ2) is 6.54. The number of aromatic nitrogens is 3. The van der Waals surface area contributed by atoms with Crippen molar-refractivity contribution in [3.05, 3.63) is 40.6 Å². The van der Waals surface area contributed by atoms with Gasteiger partial charge in [0.25, 0.3) is 0 Å². The Morgan fingerprint density at radius 2 is 1.90 bits per heavy atom. The summed E-state index contributed by atoms with van der Waals surface area (Å²) in [6, 6.07) is 7.69. The maximum atomic E-state index is 12.4. The fourth-order valence-corrected chi connectivity index (χ4v) is 3.03. The van der Waals surface area contributed by atoms with E-state index >= 15 is 0 Å². The Morgan fingerprint density at radius 3 is 2.50 bits per heavy atom. The Balaban J connectivity index is 2.11. The Bertz CT molecular complexity index is 595. The lowest BCUT2D eigenvalue weighted by Gasteiger charge is -2.13. The van der Waals surface area contributed by atoms with Gasteiger partial charge >= 0.3 is 0 Å². The van der Waals surface area contributed by atoms with Gasteiger partial charge < -0.3 is 4.57 Å². The van der Waals surface area contributed by atoms with Crippen LogP contribution in [0.5, 0.6) is 0 Å². The summed E-state index contributed by atoms with van der Waals surface area (Å²) in [6.45, 7) is 6.03. The first-order valence-electron chi connectivity index (χ1n) is 6.35. The van der Waals surface area contributed by atoms with Crippen LogP contribution in [0.2, 0.25) is 0 Å². The van der Waals surface area contributed by atoms with E-state index in [9.17, 15) is 4.79 Å². The Hall–Kier alpha value is -1.14. The van der Waals surface area contributed by atoms with Crippen molar-refractivity contribution in [1.29, 1.82) is 0 Å². The quantitative estimate of drug-likeness (QED) is 0.602. The lowest BCUT2D eigenvalue weighted by molar-refractivity contribution is 0.0994. The molecule has 0 aliphatic heterocycles. The minimum atomic E-state index is -0.196. The summed E-state index contributed by atoms with van der Waals surface area (Å²) in [4.78, 5) is 12.4. The molecule has 0 N–H and O–H groups in total. The summed E-state index contributed by atoms with van der Waals surface area (Å²) in [6.07, 6.45) is 1.70. The zero-order valence-corrected chi connectivity index (χ0v) is 14.0. The Kier molecular flexibility index (Phi) is 4.99. The van der Waals surface area contributed by atoms with Crippen molar-refractivity contribution in [1.82, 2.24) is 14.8 Å². The topological polar surface area (TPSA) is 47.8 Å². The highest BCUT2D eigenvalue weighted by Gasteiger charge is 2.19. The number of rotatable bonds is 5. The van der Waals surface area contributed by atoms with Gasteiger partial charge in [-0.3, -0.25) is 4.79 Å². The van der Waals surface area contributed by atoms with Crippen LogP contribution in [0.25, 0.3) is 0 Å². The normalized spacial score (nSPS) is 12.7. The van der Waals surface area contributed by atoms with Crippen molar-refractivity contribution >= 4 is 33.5 Å². The molecule has 0 bridgehead atoms. The van der Waals surface area contributed by atoms with Crippen LogP contribution in [0.1, 0.15) is 37.2 Å². The molecule has 0 amide bonds. The third-order valence-corrected chi connectivity index (χ3v) is 4.48. The molecule has 0 radical (unpaired) electrons. The number of ketones is 1. The average Bonchev–Trinajstić information content (AvgIpc) is 2.87. The monoisotopic (exact) mass is 353 g/mol. The minimum absolute atomic E-state index is 0.0980. The van der Waals surface area contributed by atoms with E-state index in [1.165, 1.54) is 11.8 Å². The van der Waals surface area contributed by atoms with Crippen LogP contribution in [-0.4, -0.2) is 25.8 Å². The first kappa shape index (κ1) is 15.3. The number of thioether (sulfide) groups is 1. The fourth-order valence-electron chi connectivity index (χ4n) is 1.73. The largest absolute Gasteiger partial charge is 0.306 e. The highest BCUT2D eigenvalue weighted by Crippen LogP contribution is 2.26. The van der Waals surface area contributed by atoms with Crippen molar-refractivity contribution in [3.8, 4) is 0 Å². The summed E-state index contributed by atoms with van der Waals surface area (Å²) in [5, 5.41) is 8.58. The molecule has 20 heavy (non-hydrogen) atoms. The highest BCUT2D eigenvalue weighted by atomic mass is 79.9. The van der Waals surface area contributed by atoms with Crippen LogP contribution in [0.15, 0.2) is 40.2 Å². The van der Waals surface area contributed by atoms with Crippen LogP contribution in [0.4, 0.5) is 0 Å². The molecule has 0 saturated heterocycles. The van der Waals surface area contributed by atoms with Crippen molar-refractivity contribution in [2.75, 3.05) is 0 Å². The molecule has 106 valence electrons. The van der Waals surface area contributed by atoms with Crippen molar-refractivity contribution in [3.63, 3.8) is 0 Å². The van der Waals surface area contributed by atoms with E-state index in [2.05, 4.69) is 40.0 Å². The van der Waals surface area contributed by atoms with E-state index in [1.54, 1.807) is 6.33 Å². The number of hydrogen-bond acceptors (Lipinski definition) is 4. The van der Waals surface area contributed by atoms with E-state index in [0.717, 1.165) is 9.63 Å². The van der Waals surface area contributed by atoms with Gasteiger partial charge in [0.2, 0.25) is 0 Å². The van der Waals surface area contributed by atoms with E-state index in [1.807, 2.05) is 35.8 Å². The first-order valence-corrected chi connectivity index (χ1v) is 8.02. The summed E-state index contributed by atoms with van der Waals surface area (Å²) in [5.41, 5.74) is 0.712. The fraction of sp³-hybridized carbons (Fsp3) is 0.357. The predicted octanol–water partition coefficient (Wildman–Crippen LogP) is 3.99. The van der Waals surface area contributed by atoms with Gasteiger partial charge in [-0.15, -0.1) is 10.2 Å². The van der Waals surface area contributed by atoms with Crippen molar-refractivity contribution in [2.45, 2.75) is 37.2 Å². The second-order valence-electron chi connectivity index (χ2n) is 4.75. The van der Waals surface area contributed by atoms with Crippen LogP contribution in [0.3, 0.4) is 0 Å². The molecule has 1 aromatic carbocycles. The molecule has 0 unspecified atom stereocenters. The number of Topliss-reactive ketones (excluding diaryl/α,β-unsaturated/α-hetero) is 1. The third kappa shape index (κ3) is 3.49. The maximum Gasteiger partial charge on any atom is 0.191 e. The molecule has 4 nitrogen and oxygen atoms in total. The molecule has 0 spiro atoms. The molecular weight excluding hydrogens is 338 g/mol. The van der Waals surface area contributed by atoms with Crippen LogP contribution in [0, 0.1) is 0 Å². The van der Waals surface area contributed by atoms with E-state index in [0.29, 0.717) is 5.56 Å². The summed E-state index contributed by atoms with van der Waals surface area (Å²) in [7, 11) is 0. The number of benzene rings is 1. The second-order valence-corrected chi connectivity index (χ2v) is 6.97. The molecule has 0 aliphatic carbocycles. The van der Waals surface area contributed by atoms with E-state index < -0.39 is 0 Å². The lowest BCUT2D eigenvalue weighted by Crippen LogP contribution is -2.15. The molecule has 1 heterocycles. The van der Waals surface area contributed by atoms with Gasteiger partial charge in [-0.2, -0.15) is 0 Å². The average molecular weight is 354 g/mol. The van der Waals surface area contributed by atoms with Crippen LogP contribution in [-0.2, 0) is 0 Å². The lowest BCUT2D eigenvalue weighted by atomic mass is 10.1. The molecule has 0 fully saturated rings. The number of hydrogen-bond donors (Lipinski definition) is 0. The SMILES string of the molecule is CC(C)n1cnnc1S[C@H](C)C(=O)c1ccc(Br)cc1. The predicted molar refractivity (Wildman–Crippen MR) is 84.2 cm³/mol. The van der Waals surface area contributed by atoms with Crippen LogP contribution >= 0.6 is 27.7 Å². The zero-order valence-electron chi connectivity index (χ0n) is 11.6. The Labute approximate surface area is 131 Å². The van der Waals surface area contributed by atoms with Crippen molar-refractivity contribution in [2.24, 2.45) is 0 Å². The van der Waals surface area contributed by atoms with Gasteiger partial charge in [-0.25, -0.2) is 0 Å². The van der Waals surface area contributed by atoms with Gasteiger partial charge in [-0.1, -0.05) is 39.8 Å². The molecular formula is C14H16BrN3OS.